The van der Waals surface area contributed by atoms with Gasteiger partial charge in [0.25, 0.3) is 0 Å². The molecule has 1 aromatic carbocycles. The number of anilines is 1. The monoisotopic (exact) mass is 343 g/mol. The zero-order valence-corrected chi connectivity index (χ0v) is 14.2. The van der Waals surface area contributed by atoms with E-state index in [0.717, 1.165) is 24.3 Å². The number of rotatable bonds is 7. The van der Waals surface area contributed by atoms with Crippen molar-refractivity contribution < 1.29 is 4.79 Å². The van der Waals surface area contributed by atoms with Crippen molar-refractivity contribution in [3.8, 4) is 0 Å². The molecule has 23 heavy (non-hydrogen) atoms. The molecule has 0 saturated carbocycles. The summed E-state index contributed by atoms with van der Waals surface area (Å²) in [6, 6.07) is 14.3. The highest BCUT2D eigenvalue weighted by Crippen LogP contribution is 2.19. The van der Waals surface area contributed by atoms with Crippen molar-refractivity contribution in [1.82, 2.24) is 10.2 Å². The summed E-state index contributed by atoms with van der Waals surface area (Å²) >= 11 is 3.17. The molecule has 0 saturated heterocycles. The minimum absolute atomic E-state index is 0.00367. The van der Waals surface area contributed by atoms with E-state index in [4.69, 9.17) is 0 Å². The zero-order chi connectivity index (χ0) is 15.9. The van der Waals surface area contributed by atoms with Crippen molar-refractivity contribution in [2.75, 3.05) is 5.32 Å². The van der Waals surface area contributed by atoms with Gasteiger partial charge in [0.2, 0.25) is 11.0 Å². The maximum absolute atomic E-state index is 11.9. The van der Waals surface area contributed by atoms with E-state index in [9.17, 15) is 4.79 Å². The smallest absolute Gasteiger partial charge is 0.226 e. The van der Waals surface area contributed by atoms with Crippen molar-refractivity contribution in [1.29, 1.82) is 0 Å². The van der Waals surface area contributed by atoms with Crippen molar-refractivity contribution in [3.63, 3.8) is 0 Å². The third-order valence-corrected chi connectivity index (χ3v) is 5.09. The van der Waals surface area contributed by atoms with Gasteiger partial charge in [0.1, 0.15) is 5.01 Å². The molecule has 0 radical (unpaired) electrons. The van der Waals surface area contributed by atoms with Crippen LogP contribution in [0.15, 0.2) is 47.8 Å². The third kappa shape index (κ3) is 4.97. The topological polar surface area (TPSA) is 54.9 Å². The van der Waals surface area contributed by atoms with Gasteiger partial charge in [-0.2, -0.15) is 0 Å². The number of carbonyl (C=O) groups excluding carboxylic acids is 1. The van der Waals surface area contributed by atoms with Gasteiger partial charge in [0, 0.05) is 17.7 Å². The Labute approximate surface area is 143 Å². The number of nitrogens with zero attached hydrogens (tertiary/aromatic N) is 2. The molecule has 1 N–H and O–H groups in total. The summed E-state index contributed by atoms with van der Waals surface area (Å²) in [7, 11) is 0. The van der Waals surface area contributed by atoms with Gasteiger partial charge >= 0.3 is 0 Å². The molecule has 3 aromatic rings. The van der Waals surface area contributed by atoms with Crippen molar-refractivity contribution in [3.05, 3.63) is 63.3 Å². The molecule has 0 bridgehead atoms. The zero-order valence-electron chi connectivity index (χ0n) is 12.6. The average Bonchev–Trinajstić information content (AvgIpc) is 3.21. The van der Waals surface area contributed by atoms with Crippen LogP contribution in [0.4, 0.5) is 5.13 Å². The van der Waals surface area contributed by atoms with Crippen LogP contribution in [0.25, 0.3) is 0 Å². The number of amides is 1. The minimum Gasteiger partial charge on any atom is -0.301 e. The molecule has 118 valence electrons. The van der Waals surface area contributed by atoms with Gasteiger partial charge in [-0.1, -0.05) is 47.7 Å². The number of aromatic nitrogens is 2. The van der Waals surface area contributed by atoms with E-state index in [1.807, 2.05) is 24.3 Å². The Balaban J connectivity index is 1.45. The van der Waals surface area contributed by atoms with Crippen molar-refractivity contribution in [2.45, 2.75) is 25.7 Å². The standard InChI is InChI=1S/C17H17N3OS2/c21-15(10-4-8-14-9-5-11-22-14)18-17-20-19-16(23-17)12-13-6-2-1-3-7-13/h1-3,5-7,9,11H,4,8,10,12H2,(H,18,20,21). The molecule has 0 fully saturated rings. The summed E-state index contributed by atoms with van der Waals surface area (Å²) in [5.41, 5.74) is 1.19. The molecule has 1 amide bonds. The van der Waals surface area contributed by atoms with E-state index in [1.165, 1.54) is 21.8 Å². The van der Waals surface area contributed by atoms with Gasteiger partial charge in [-0.3, -0.25) is 4.79 Å². The van der Waals surface area contributed by atoms with Crippen LogP contribution in [0.2, 0.25) is 0 Å². The fraction of sp³-hybridized carbons (Fsp3) is 0.235. The lowest BCUT2D eigenvalue weighted by Crippen LogP contribution is -2.11. The highest BCUT2D eigenvalue weighted by atomic mass is 32.1. The summed E-state index contributed by atoms with van der Waals surface area (Å²) in [6.45, 7) is 0. The molecular weight excluding hydrogens is 326 g/mol. The molecular formula is C17H17N3OS2. The first kappa shape index (κ1) is 15.8. The third-order valence-electron chi connectivity index (χ3n) is 3.32. The second-order valence-corrected chi connectivity index (χ2v) is 7.24. The van der Waals surface area contributed by atoms with E-state index in [2.05, 4.69) is 39.1 Å². The molecule has 0 aliphatic carbocycles. The van der Waals surface area contributed by atoms with Crippen molar-refractivity contribution >= 4 is 33.7 Å². The van der Waals surface area contributed by atoms with Crippen LogP contribution in [-0.4, -0.2) is 16.1 Å². The second-order valence-electron chi connectivity index (χ2n) is 5.14. The molecule has 0 spiro atoms. The normalized spacial score (nSPS) is 10.6. The Morgan fingerprint density at radius 2 is 1.96 bits per heavy atom. The number of thiophene rings is 1. The van der Waals surface area contributed by atoms with Gasteiger partial charge in [-0.15, -0.1) is 21.5 Å². The highest BCUT2D eigenvalue weighted by Gasteiger charge is 2.09. The maximum Gasteiger partial charge on any atom is 0.226 e. The maximum atomic E-state index is 11.9. The summed E-state index contributed by atoms with van der Waals surface area (Å²) in [4.78, 5) is 13.3. The SMILES string of the molecule is O=C(CCCc1cccs1)Nc1nnc(Cc2ccccc2)s1. The quantitative estimate of drug-likeness (QED) is 0.701. The first-order valence-electron chi connectivity index (χ1n) is 7.48. The lowest BCUT2D eigenvalue weighted by atomic mass is 10.2. The fourth-order valence-electron chi connectivity index (χ4n) is 2.21. The molecule has 0 aliphatic rings. The minimum atomic E-state index is 0.00367. The predicted molar refractivity (Wildman–Crippen MR) is 95.0 cm³/mol. The molecule has 2 heterocycles. The molecule has 3 rings (SSSR count). The summed E-state index contributed by atoms with van der Waals surface area (Å²) in [5.74, 6) is 0.00367. The number of carbonyl (C=O) groups is 1. The van der Waals surface area contributed by atoms with Crippen LogP contribution in [0, 0.1) is 0 Å². The fourth-order valence-corrected chi connectivity index (χ4v) is 3.75. The molecule has 0 unspecified atom stereocenters. The summed E-state index contributed by atoms with van der Waals surface area (Å²) in [5, 5.41) is 14.6. The lowest BCUT2D eigenvalue weighted by Gasteiger charge is -2.00. The van der Waals surface area contributed by atoms with Crippen LogP contribution in [-0.2, 0) is 17.6 Å². The molecule has 4 nitrogen and oxygen atoms in total. The Kier molecular flexibility index (Phi) is 5.50. The molecule has 0 aliphatic heterocycles. The Morgan fingerprint density at radius 1 is 1.09 bits per heavy atom. The van der Waals surface area contributed by atoms with Gasteiger partial charge in [-0.25, -0.2) is 0 Å². The van der Waals surface area contributed by atoms with Crippen LogP contribution < -0.4 is 5.32 Å². The van der Waals surface area contributed by atoms with Gasteiger partial charge in [-0.05, 0) is 29.9 Å². The van der Waals surface area contributed by atoms with Gasteiger partial charge < -0.3 is 5.32 Å². The Bertz CT molecular complexity index is 738. The number of benzene rings is 1. The van der Waals surface area contributed by atoms with Crippen LogP contribution in [0.1, 0.15) is 28.3 Å². The summed E-state index contributed by atoms with van der Waals surface area (Å²) < 4.78 is 0. The van der Waals surface area contributed by atoms with E-state index in [1.54, 1.807) is 11.3 Å². The Hall–Kier alpha value is -2.05. The number of hydrogen-bond acceptors (Lipinski definition) is 5. The van der Waals surface area contributed by atoms with E-state index >= 15 is 0 Å². The molecule has 2 aromatic heterocycles. The number of hydrogen-bond donors (Lipinski definition) is 1. The first-order chi connectivity index (χ1) is 11.3. The van der Waals surface area contributed by atoms with Crippen molar-refractivity contribution in [2.24, 2.45) is 0 Å². The van der Waals surface area contributed by atoms with E-state index in [-0.39, 0.29) is 5.91 Å². The number of nitrogens with one attached hydrogen (secondary N) is 1. The first-order valence-corrected chi connectivity index (χ1v) is 9.18. The second kappa shape index (κ2) is 7.99. The largest absolute Gasteiger partial charge is 0.301 e. The van der Waals surface area contributed by atoms with Crippen LogP contribution in [0.3, 0.4) is 0 Å². The summed E-state index contributed by atoms with van der Waals surface area (Å²) in [6.07, 6.45) is 3.04. The molecule has 6 heteroatoms. The number of aryl methyl sites for hydroxylation is 1. The Morgan fingerprint density at radius 3 is 2.74 bits per heavy atom. The van der Waals surface area contributed by atoms with Gasteiger partial charge in [0.15, 0.2) is 0 Å². The average molecular weight is 343 g/mol. The van der Waals surface area contributed by atoms with E-state index < -0.39 is 0 Å². The van der Waals surface area contributed by atoms with Crippen LogP contribution in [0.5, 0.6) is 0 Å². The lowest BCUT2D eigenvalue weighted by molar-refractivity contribution is -0.116. The van der Waals surface area contributed by atoms with Crippen LogP contribution >= 0.6 is 22.7 Å². The van der Waals surface area contributed by atoms with E-state index in [0.29, 0.717) is 11.6 Å². The highest BCUT2D eigenvalue weighted by molar-refractivity contribution is 7.15. The predicted octanol–water partition coefficient (Wildman–Crippen LogP) is 4.15. The molecule has 0 atom stereocenters. The van der Waals surface area contributed by atoms with Gasteiger partial charge in [0.05, 0.1) is 0 Å².